The molecule has 1 heterocycles. The zero-order valence-electron chi connectivity index (χ0n) is 11.5. The first-order valence-electron chi connectivity index (χ1n) is 6.18. The van der Waals surface area contributed by atoms with Crippen molar-refractivity contribution in [3.63, 3.8) is 0 Å². The van der Waals surface area contributed by atoms with Gasteiger partial charge in [0.15, 0.2) is 0 Å². The highest BCUT2D eigenvalue weighted by atomic mass is 16.4. The lowest BCUT2D eigenvalue weighted by molar-refractivity contribution is 0.157. The highest BCUT2D eigenvalue weighted by Crippen LogP contribution is 2.13. The van der Waals surface area contributed by atoms with Gasteiger partial charge in [-0.15, -0.1) is 0 Å². The van der Waals surface area contributed by atoms with E-state index in [-0.39, 0.29) is 17.9 Å². The van der Waals surface area contributed by atoms with Gasteiger partial charge in [0.2, 0.25) is 5.82 Å². The fourth-order valence-corrected chi connectivity index (χ4v) is 1.90. The zero-order chi connectivity index (χ0) is 14.9. The van der Waals surface area contributed by atoms with E-state index in [1.807, 2.05) is 19.1 Å². The quantitative estimate of drug-likeness (QED) is 0.831. The molecule has 0 saturated carbocycles. The first-order valence-corrected chi connectivity index (χ1v) is 6.18. The number of anilines is 1. The molecular weight excluding hydrogens is 260 g/mol. The van der Waals surface area contributed by atoms with Crippen LogP contribution in [-0.4, -0.2) is 32.3 Å². The monoisotopic (exact) mass is 276 g/mol. The molecule has 0 radical (unpaired) electrons. The number of benzene rings is 1. The standard InChI is InChI=1S/C13H16N4O3/c1-4-17(13(19)20)15-11-12(18)16(3)10-7-8(2)5-6-9(10)14-11/h5-7H,4H2,1-3H3,(H,14,15)(H,19,20). The van der Waals surface area contributed by atoms with E-state index < -0.39 is 6.09 Å². The molecule has 1 amide bonds. The van der Waals surface area contributed by atoms with E-state index in [4.69, 9.17) is 5.11 Å². The van der Waals surface area contributed by atoms with Gasteiger partial charge in [0.05, 0.1) is 11.0 Å². The number of hydrogen-bond donors (Lipinski definition) is 2. The predicted octanol–water partition coefficient (Wildman–Crippen LogP) is 1.57. The van der Waals surface area contributed by atoms with E-state index in [1.165, 1.54) is 4.57 Å². The lowest BCUT2D eigenvalue weighted by Crippen LogP contribution is -2.38. The molecule has 2 rings (SSSR count). The Bertz CT molecular complexity index is 723. The third-order valence-corrected chi connectivity index (χ3v) is 3.02. The molecule has 1 aromatic heterocycles. The first-order chi connectivity index (χ1) is 9.43. The van der Waals surface area contributed by atoms with Crippen LogP contribution in [0.5, 0.6) is 0 Å². The Morgan fingerprint density at radius 1 is 1.50 bits per heavy atom. The molecule has 1 aromatic carbocycles. The summed E-state index contributed by atoms with van der Waals surface area (Å²) in [5.41, 5.74) is 4.52. The normalized spacial score (nSPS) is 10.6. The molecule has 0 unspecified atom stereocenters. The van der Waals surface area contributed by atoms with Gasteiger partial charge in [-0.3, -0.25) is 10.2 Å². The average molecular weight is 276 g/mol. The van der Waals surface area contributed by atoms with Crippen molar-refractivity contribution in [2.75, 3.05) is 12.0 Å². The molecule has 0 spiro atoms. The number of aromatic nitrogens is 2. The summed E-state index contributed by atoms with van der Waals surface area (Å²) in [5, 5.41) is 9.88. The largest absolute Gasteiger partial charge is 0.464 e. The minimum atomic E-state index is -1.17. The summed E-state index contributed by atoms with van der Waals surface area (Å²) >= 11 is 0. The van der Waals surface area contributed by atoms with Gasteiger partial charge >= 0.3 is 6.09 Å². The molecule has 0 aliphatic rings. The average Bonchev–Trinajstić information content (AvgIpc) is 2.41. The van der Waals surface area contributed by atoms with Crippen LogP contribution in [0.25, 0.3) is 11.0 Å². The van der Waals surface area contributed by atoms with Crippen LogP contribution in [0.4, 0.5) is 10.6 Å². The van der Waals surface area contributed by atoms with Gasteiger partial charge in [-0.2, -0.15) is 0 Å². The van der Waals surface area contributed by atoms with E-state index in [0.29, 0.717) is 11.0 Å². The molecule has 20 heavy (non-hydrogen) atoms. The summed E-state index contributed by atoms with van der Waals surface area (Å²) in [4.78, 5) is 27.3. The summed E-state index contributed by atoms with van der Waals surface area (Å²) in [7, 11) is 1.63. The Kier molecular flexibility index (Phi) is 3.60. The maximum atomic E-state index is 12.2. The number of nitrogens with one attached hydrogen (secondary N) is 1. The summed E-state index contributed by atoms with van der Waals surface area (Å²) < 4.78 is 1.45. The maximum Gasteiger partial charge on any atom is 0.426 e. The number of fused-ring (bicyclic) bond motifs is 1. The molecule has 0 bridgehead atoms. The number of hydrazine groups is 1. The van der Waals surface area contributed by atoms with Crippen molar-refractivity contribution in [3.8, 4) is 0 Å². The molecule has 106 valence electrons. The molecule has 0 atom stereocenters. The number of aryl methyl sites for hydroxylation is 2. The van der Waals surface area contributed by atoms with E-state index in [2.05, 4.69) is 10.4 Å². The van der Waals surface area contributed by atoms with Crippen LogP contribution < -0.4 is 11.0 Å². The molecule has 0 aliphatic heterocycles. The van der Waals surface area contributed by atoms with E-state index in [1.54, 1.807) is 20.0 Å². The Morgan fingerprint density at radius 3 is 2.80 bits per heavy atom. The maximum absolute atomic E-state index is 12.2. The Labute approximate surface area is 115 Å². The van der Waals surface area contributed by atoms with Crippen molar-refractivity contribution in [2.24, 2.45) is 7.05 Å². The number of rotatable bonds is 3. The number of amides is 1. The number of carbonyl (C=O) groups is 1. The number of hydrogen-bond acceptors (Lipinski definition) is 4. The lowest BCUT2D eigenvalue weighted by Gasteiger charge is -2.18. The second kappa shape index (κ2) is 5.20. The van der Waals surface area contributed by atoms with Gasteiger partial charge < -0.3 is 9.67 Å². The molecular formula is C13H16N4O3. The van der Waals surface area contributed by atoms with Crippen LogP contribution in [0.3, 0.4) is 0 Å². The lowest BCUT2D eigenvalue weighted by atomic mass is 10.2. The van der Waals surface area contributed by atoms with Crippen LogP contribution in [0.15, 0.2) is 23.0 Å². The van der Waals surface area contributed by atoms with Crippen molar-refractivity contribution in [1.29, 1.82) is 0 Å². The summed E-state index contributed by atoms with van der Waals surface area (Å²) in [6, 6.07) is 5.55. The van der Waals surface area contributed by atoms with Crippen LogP contribution in [0.1, 0.15) is 12.5 Å². The predicted molar refractivity (Wildman–Crippen MR) is 75.7 cm³/mol. The minimum Gasteiger partial charge on any atom is -0.464 e. The smallest absolute Gasteiger partial charge is 0.426 e. The molecule has 2 aromatic rings. The van der Waals surface area contributed by atoms with Crippen molar-refractivity contribution < 1.29 is 9.90 Å². The summed E-state index contributed by atoms with van der Waals surface area (Å²) in [6.07, 6.45) is -1.17. The van der Waals surface area contributed by atoms with Gasteiger partial charge in [-0.05, 0) is 31.5 Å². The highest BCUT2D eigenvalue weighted by molar-refractivity contribution is 5.77. The van der Waals surface area contributed by atoms with E-state index >= 15 is 0 Å². The molecule has 2 N–H and O–H groups in total. The van der Waals surface area contributed by atoms with Crippen molar-refractivity contribution in [1.82, 2.24) is 14.6 Å². The number of nitrogens with zero attached hydrogens (tertiary/aromatic N) is 3. The van der Waals surface area contributed by atoms with Gasteiger partial charge in [-0.1, -0.05) is 6.07 Å². The van der Waals surface area contributed by atoms with Crippen LogP contribution in [0, 0.1) is 6.92 Å². The van der Waals surface area contributed by atoms with Crippen LogP contribution in [-0.2, 0) is 7.05 Å². The third-order valence-electron chi connectivity index (χ3n) is 3.02. The first kappa shape index (κ1) is 13.9. The molecule has 7 heteroatoms. The van der Waals surface area contributed by atoms with Crippen molar-refractivity contribution >= 4 is 22.9 Å². The van der Waals surface area contributed by atoms with Crippen molar-refractivity contribution in [3.05, 3.63) is 34.1 Å². The third kappa shape index (κ3) is 2.42. The number of carboxylic acid groups (broad SMARTS) is 1. The summed E-state index contributed by atoms with van der Waals surface area (Å²) in [6.45, 7) is 3.79. The Hall–Kier alpha value is -2.57. The van der Waals surface area contributed by atoms with Crippen molar-refractivity contribution in [2.45, 2.75) is 13.8 Å². The fourth-order valence-electron chi connectivity index (χ4n) is 1.90. The van der Waals surface area contributed by atoms with Gasteiger partial charge in [0.25, 0.3) is 5.56 Å². The Balaban J connectivity index is 2.55. The van der Waals surface area contributed by atoms with Crippen LogP contribution in [0.2, 0.25) is 0 Å². The topological polar surface area (TPSA) is 87.5 Å². The second-order valence-corrected chi connectivity index (χ2v) is 4.46. The zero-order valence-corrected chi connectivity index (χ0v) is 11.5. The fraction of sp³-hybridized carbons (Fsp3) is 0.308. The Morgan fingerprint density at radius 2 is 2.20 bits per heavy atom. The van der Waals surface area contributed by atoms with E-state index in [0.717, 1.165) is 10.6 Å². The van der Waals surface area contributed by atoms with E-state index in [9.17, 15) is 9.59 Å². The molecule has 0 aliphatic carbocycles. The molecule has 7 nitrogen and oxygen atoms in total. The van der Waals surface area contributed by atoms with Gasteiger partial charge in [0, 0.05) is 13.6 Å². The van der Waals surface area contributed by atoms with Crippen LogP contribution >= 0.6 is 0 Å². The molecule has 0 saturated heterocycles. The van der Waals surface area contributed by atoms with Gasteiger partial charge in [0.1, 0.15) is 0 Å². The highest BCUT2D eigenvalue weighted by Gasteiger charge is 2.14. The summed E-state index contributed by atoms with van der Waals surface area (Å²) in [5.74, 6) is -0.00639. The molecule has 0 fully saturated rings. The minimum absolute atomic E-state index is 0.00639. The SMILES string of the molecule is CCN(Nc1nc2ccc(C)cc2n(C)c1=O)C(=O)O. The van der Waals surface area contributed by atoms with Gasteiger partial charge in [-0.25, -0.2) is 14.8 Å². The second-order valence-electron chi connectivity index (χ2n) is 4.46.